The van der Waals surface area contributed by atoms with Gasteiger partial charge in [0.05, 0.1) is 6.42 Å². The summed E-state index contributed by atoms with van der Waals surface area (Å²) in [5.74, 6) is -0.236. The first kappa shape index (κ1) is 17.5. The highest BCUT2D eigenvalue weighted by atomic mass is 32.1. The Morgan fingerprint density at radius 3 is 2.44 bits per heavy atom. The van der Waals surface area contributed by atoms with Crippen LogP contribution in [0.4, 0.5) is 11.4 Å². The lowest BCUT2D eigenvalue weighted by molar-refractivity contribution is -0.137. The average molecular weight is 376 g/mol. The summed E-state index contributed by atoms with van der Waals surface area (Å²) in [4.78, 5) is 27.7. The molecule has 0 spiro atoms. The molecule has 1 fully saturated rings. The first-order chi connectivity index (χ1) is 13.0. The van der Waals surface area contributed by atoms with Crippen LogP contribution in [0.25, 0.3) is 0 Å². The van der Waals surface area contributed by atoms with Gasteiger partial charge >= 0.3 is 0 Å². The molecule has 1 atom stereocenters. The van der Waals surface area contributed by atoms with Gasteiger partial charge in [-0.1, -0.05) is 35.9 Å². The third-order valence-electron chi connectivity index (χ3n) is 5.10. The van der Waals surface area contributed by atoms with Crippen molar-refractivity contribution in [1.82, 2.24) is 0 Å². The van der Waals surface area contributed by atoms with E-state index >= 15 is 0 Å². The molecule has 0 aliphatic carbocycles. The highest BCUT2D eigenvalue weighted by Crippen LogP contribution is 2.46. The summed E-state index contributed by atoms with van der Waals surface area (Å²) in [6.07, 6.45) is 0.162. The highest BCUT2D eigenvalue weighted by Gasteiger charge is 2.58. The van der Waals surface area contributed by atoms with Crippen LogP contribution in [0.1, 0.15) is 23.1 Å². The van der Waals surface area contributed by atoms with E-state index in [2.05, 4.69) is 5.32 Å². The highest BCUT2D eigenvalue weighted by molar-refractivity contribution is 7.08. The van der Waals surface area contributed by atoms with Crippen molar-refractivity contribution in [1.29, 1.82) is 0 Å². The summed E-state index contributed by atoms with van der Waals surface area (Å²) in [6, 6.07) is 17.3. The van der Waals surface area contributed by atoms with E-state index in [4.69, 9.17) is 0 Å². The summed E-state index contributed by atoms with van der Waals surface area (Å²) in [5, 5.41) is 6.93. The van der Waals surface area contributed by atoms with Crippen molar-refractivity contribution in [2.24, 2.45) is 0 Å². The van der Waals surface area contributed by atoms with Gasteiger partial charge in [0.1, 0.15) is 0 Å². The van der Waals surface area contributed by atoms with Crippen LogP contribution in [0.2, 0.25) is 0 Å². The Hall–Kier alpha value is -2.92. The van der Waals surface area contributed by atoms with Crippen molar-refractivity contribution in [2.45, 2.75) is 25.8 Å². The van der Waals surface area contributed by atoms with Crippen molar-refractivity contribution < 1.29 is 9.59 Å². The lowest BCUT2D eigenvalue weighted by Gasteiger charge is -2.50. The molecule has 136 valence electrons. The predicted octanol–water partition coefficient (Wildman–Crippen LogP) is 4.64. The van der Waals surface area contributed by atoms with Gasteiger partial charge in [-0.25, -0.2) is 0 Å². The Labute approximate surface area is 162 Å². The van der Waals surface area contributed by atoms with Crippen LogP contribution < -0.4 is 10.2 Å². The molecule has 3 aromatic rings. The maximum absolute atomic E-state index is 13.5. The van der Waals surface area contributed by atoms with E-state index in [1.165, 1.54) is 11.3 Å². The van der Waals surface area contributed by atoms with E-state index in [0.29, 0.717) is 0 Å². The summed E-state index contributed by atoms with van der Waals surface area (Å²) in [7, 11) is 0. The first-order valence-electron chi connectivity index (χ1n) is 8.82. The third-order valence-corrected chi connectivity index (χ3v) is 5.78. The maximum Gasteiger partial charge on any atom is 0.255 e. The molecular formula is C22H20N2O2S. The van der Waals surface area contributed by atoms with Gasteiger partial charge in [0.15, 0.2) is 5.54 Å². The van der Waals surface area contributed by atoms with Crippen LogP contribution in [-0.4, -0.2) is 11.8 Å². The number of carbonyl (C=O) groups is 2. The first-order valence-corrected chi connectivity index (χ1v) is 9.76. The Balaban J connectivity index is 1.77. The fourth-order valence-corrected chi connectivity index (χ4v) is 4.26. The molecule has 0 bridgehead atoms. The molecule has 2 aromatic carbocycles. The summed E-state index contributed by atoms with van der Waals surface area (Å²) in [6.45, 7) is 3.95. The van der Waals surface area contributed by atoms with Gasteiger partial charge in [-0.15, -0.1) is 0 Å². The van der Waals surface area contributed by atoms with Crippen molar-refractivity contribution in [2.75, 3.05) is 10.2 Å². The summed E-state index contributed by atoms with van der Waals surface area (Å²) in [5.41, 5.74) is 3.42. The van der Waals surface area contributed by atoms with Gasteiger partial charge in [-0.2, -0.15) is 11.3 Å². The zero-order chi connectivity index (χ0) is 19.0. The molecule has 4 nitrogen and oxygen atoms in total. The van der Waals surface area contributed by atoms with Gasteiger partial charge in [0.25, 0.3) is 5.91 Å². The smallest absolute Gasteiger partial charge is 0.255 e. The number of amides is 2. The van der Waals surface area contributed by atoms with Crippen LogP contribution in [0.3, 0.4) is 0 Å². The topological polar surface area (TPSA) is 49.4 Å². The standard InChI is InChI=1S/C22H20N2O2S/c1-15-7-9-18(10-8-15)24-20(25)13-22(24,17-11-12-27-14-17)21(26)23-19-6-4-3-5-16(19)2/h3-12,14H,13H2,1-2H3,(H,23,26). The zero-order valence-electron chi connectivity index (χ0n) is 15.2. The SMILES string of the molecule is Cc1ccc(N2C(=O)CC2(C(=O)Nc2ccccc2C)c2ccsc2)cc1. The summed E-state index contributed by atoms with van der Waals surface area (Å²) >= 11 is 1.53. The van der Waals surface area contributed by atoms with E-state index in [9.17, 15) is 9.59 Å². The molecule has 1 unspecified atom stereocenters. The average Bonchev–Trinajstić information content (AvgIpc) is 3.17. The molecule has 5 heteroatoms. The van der Waals surface area contributed by atoms with Crippen LogP contribution in [-0.2, 0) is 15.1 Å². The second-order valence-corrected chi connectivity index (χ2v) is 7.66. The second-order valence-electron chi connectivity index (χ2n) is 6.88. The van der Waals surface area contributed by atoms with E-state index in [1.807, 2.05) is 79.2 Å². The van der Waals surface area contributed by atoms with E-state index < -0.39 is 5.54 Å². The van der Waals surface area contributed by atoms with Crippen LogP contribution >= 0.6 is 11.3 Å². The number of hydrogen-bond acceptors (Lipinski definition) is 3. The van der Waals surface area contributed by atoms with Crippen LogP contribution in [0.15, 0.2) is 65.4 Å². The van der Waals surface area contributed by atoms with Gasteiger partial charge in [-0.05, 0) is 60.0 Å². The number of carbonyl (C=O) groups excluding carboxylic acids is 2. The van der Waals surface area contributed by atoms with Crippen LogP contribution in [0.5, 0.6) is 0 Å². The van der Waals surface area contributed by atoms with Crippen molar-refractivity contribution in [3.05, 3.63) is 82.0 Å². The lowest BCUT2D eigenvalue weighted by Crippen LogP contribution is -2.67. The number of benzene rings is 2. The van der Waals surface area contributed by atoms with Gasteiger partial charge < -0.3 is 5.32 Å². The number of nitrogens with zero attached hydrogens (tertiary/aromatic N) is 1. The monoisotopic (exact) mass is 376 g/mol. The van der Waals surface area contributed by atoms with Gasteiger partial charge in [0.2, 0.25) is 5.91 Å². The Morgan fingerprint density at radius 1 is 1.07 bits per heavy atom. The molecule has 1 aliphatic heterocycles. The van der Waals surface area contributed by atoms with Crippen molar-refractivity contribution in [3.8, 4) is 0 Å². The minimum atomic E-state index is -1.02. The number of anilines is 2. The number of rotatable bonds is 4. The number of thiophene rings is 1. The molecular weight excluding hydrogens is 356 g/mol. The van der Waals surface area contributed by atoms with Gasteiger partial charge in [0, 0.05) is 11.4 Å². The molecule has 0 saturated carbocycles. The minimum absolute atomic E-state index is 0.0509. The maximum atomic E-state index is 13.5. The largest absolute Gasteiger partial charge is 0.323 e. The quantitative estimate of drug-likeness (QED) is 0.675. The van der Waals surface area contributed by atoms with E-state index in [0.717, 1.165) is 28.1 Å². The minimum Gasteiger partial charge on any atom is -0.323 e. The van der Waals surface area contributed by atoms with E-state index in [-0.39, 0.29) is 18.2 Å². The molecule has 1 aromatic heterocycles. The summed E-state index contributed by atoms with van der Waals surface area (Å²) < 4.78 is 0. The molecule has 1 saturated heterocycles. The number of hydrogen-bond donors (Lipinski definition) is 1. The number of aryl methyl sites for hydroxylation is 2. The molecule has 27 heavy (non-hydrogen) atoms. The molecule has 1 N–H and O–H groups in total. The molecule has 2 heterocycles. The molecule has 2 amide bonds. The predicted molar refractivity (Wildman–Crippen MR) is 109 cm³/mol. The Bertz CT molecular complexity index is 995. The number of nitrogens with one attached hydrogen (secondary N) is 1. The Morgan fingerprint density at radius 2 is 1.81 bits per heavy atom. The fourth-order valence-electron chi connectivity index (χ4n) is 3.54. The Kier molecular flexibility index (Phi) is 4.32. The van der Waals surface area contributed by atoms with Gasteiger partial charge in [-0.3, -0.25) is 14.5 Å². The molecule has 4 rings (SSSR count). The number of para-hydroxylation sites is 1. The lowest BCUT2D eigenvalue weighted by atomic mass is 9.77. The van der Waals surface area contributed by atoms with E-state index in [1.54, 1.807) is 4.90 Å². The fraction of sp³-hybridized carbons (Fsp3) is 0.182. The van der Waals surface area contributed by atoms with Crippen LogP contribution in [0, 0.1) is 13.8 Å². The normalized spacial score (nSPS) is 18.9. The zero-order valence-corrected chi connectivity index (χ0v) is 16.0. The third kappa shape index (κ3) is 2.84. The second kappa shape index (κ2) is 6.67. The van der Waals surface area contributed by atoms with Crippen molar-refractivity contribution >= 4 is 34.5 Å². The number of β-lactam (4-membered cyclic amide) rings is 1. The molecule has 1 aliphatic rings. The van der Waals surface area contributed by atoms with Crippen molar-refractivity contribution in [3.63, 3.8) is 0 Å². The molecule has 0 radical (unpaired) electrons.